The SMILES string of the molecule is Cc1cccc(-c2nc(C(=O)NCc3ccccc3)nn2-c2ccc(C)c(Cl)c2)c1. The van der Waals surface area contributed by atoms with Gasteiger partial charge in [-0.05, 0) is 43.2 Å². The van der Waals surface area contributed by atoms with Gasteiger partial charge in [-0.15, -0.1) is 5.10 Å². The third-order valence-electron chi connectivity index (χ3n) is 4.78. The van der Waals surface area contributed by atoms with Crippen LogP contribution in [-0.2, 0) is 6.54 Å². The first-order valence-corrected chi connectivity index (χ1v) is 10.0. The van der Waals surface area contributed by atoms with E-state index >= 15 is 0 Å². The Hall–Kier alpha value is -3.44. The van der Waals surface area contributed by atoms with Crippen LogP contribution in [0.4, 0.5) is 0 Å². The number of nitrogens with one attached hydrogen (secondary N) is 1. The van der Waals surface area contributed by atoms with Gasteiger partial charge in [0, 0.05) is 17.1 Å². The fraction of sp³-hybridized carbons (Fsp3) is 0.125. The van der Waals surface area contributed by atoms with Gasteiger partial charge < -0.3 is 5.32 Å². The Morgan fingerprint density at radius 3 is 2.53 bits per heavy atom. The molecule has 0 saturated carbocycles. The maximum absolute atomic E-state index is 12.8. The molecular formula is C24H21ClN4O. The van der Waals surface area contributed by atoms with Crippen LogP contribution in [0.1, 0.15) is 27.3 Å². The number of rotatable bonds is 5. The Morgan fingerprint density at radius 2 is 1.80 bits per heavy atom. The summed E-state index contributed by atoms with van der Waals surface area (Å²) in [7, 11) is 0. The molecular weight excluding hydrogens is 396 g/mol. The predicted octanol–water partition coefficient (Wildman–Crippen LogP) is 5.13. The van der Waals surface area contributed by atoms with Gasteiger partial charge in [-0.2, -0.15) is 0 Å². The second kappa shape index (κ2) is 8.51. The van der Waals surface area contributed by atoms with Crippen LogP contribution in [0, 0.1) is 13.8 Å². The molecule has 150 valence electrons. The summed E-state index contributed by atoms with van der Waals surface area (Å²) in [6.07, 6.45) is 0. The van der Waals surface area contributed by atoms with Crippen molar-refractivity contribution in [1.29, 1.82) is 0 Å². The quantitative estimate of drug-likeness (QED) is 0.490. The zero-order valence-electron chi connectivity index (χ0n) is 16.8. The Balaban J connectivity index is 1.71. The predicted molar refractivity (Wildman–Crippen MR) is 119 cm³/mol. The number of carbonyl (C=O) groups excluding carboxylic acids is 1. The number of amides is 1. The van der Waals surface area contributed by atoms with E-state index in [4.69, 9.17) is 11.6 Å². The third-order valence-corrected chi connectivity index (χ3v) is 5.19. The molecule has 1 amide bonds. The van der Waals surface area contributed by atoms with Crippen LogP contribution in [0.5, 0.6) is 0 Å². The molecule has 0 unspecified atom stereocenters. The van der Waals surface area contributed by atoms with E-state index in [0.717, 1.165) is 27.9 Å². The third kappa shape index (κ3) is 4.26. The molecule has 0 aliphatic rings. The number of aromatic nitrogens is 3. The molecule has 0 radical (unpaired) electrons. The molecule has 0 atom stereocenters. The maximum atomic E-state index is 12.8. The lowest BCUT2D eigenvalue weighted by molar-refractivity contribution is 0.0940. The molecule has 0 aliphatic carbocycles. The highest BCUT2D eigenvalue weighted by molar-refractivity contribution is 6.31. The van der Waals surface area contributed by atoms with Crippen molar-refractivity contribution in [2.24, 2.45) is 0 Å². The highest BCUT2D eigenvalue weighted by Crippen LogP contribution is 2.25. The van der Waals surface area contributed by atoms with Gasteiger partial charge >= 0.3 is 0 Å². The fourth-order valence-electron chi connectivity index (χ4n) is 3.13. The summed E-state index contributed by atoms with van der Waals surface area (Å²) in [5.41, 5.74) is 4.70. The van der Waals surface area contributed by atoms with Gasteiger partial charge in [0.05, 0.1) is 5.69 Å². The molecule has 4 aromatic rings. The monoisotopic (exact) mass is 416 g/mol. The van der Waals surface area contributed by atoms with Crippen LogP contribution in [0.3, 0.4) is 0 Å². The molecule has 30 heavy (non-hydrogen) atoms. The van der Waals surface area contributed by atoms with Crippen molar-refractivity contribution in [3.05, 3.63) is 100 Å². The Morgan fingerprint density at radius 1 is 1.00 bits per heavy atom. The van der Waals surface area contributed by atoms with Crippen molar-refractivity contribution in [3.63, 3.8) is 0 Å². The summed E-state index contributed by atoms with van der Waals surface area (Å²) in [4.78, 5) is 17.3. The average molecular weight is 417 g/mol. The van der Waals surface area contributed by atoms with Crippen LogP contribution in [0.25, 0.3) is 17.1 Å². The van der Waals surface area contributed by atoms with E-state index in [9.17, 15) is 4.79 Å². The largest absolute Gasteiger partial charge is 0.345 e. The molecule has 0 spiro atoms. The Bertz CT molecular complexity index is 1200. The Kier molecular flexibility index (Phi) is 5.63. The van der Waals surface area contributed by atoms with Crippen LogP contribution in [-0.4, -0.2) is 20.7 Å². The molecule has 6 heteroatoms. The van der Waals surface area contributed by atoms with Crippen molar-refractivity contribution in [2.45, 2.75) is 20.4 Å². The molecule has 3 aromatic carbocycles. The van der Waals surface area contributed by atoms with Gasteiger partial charge in [0.1, 0.15) is 0 Å². The summed E-state index contributed by atoms with van der Waals surface area (Å²) in [6, 6.07) is 23.3. The lowest BCUT2D eigenvalue weighted by Gasteiger charge is -2.08. The zero-order valence-corrected chi connectivity index (χ0v) is 17.5. The molecule has 1 aromatic heterocycles. The second-order valence-electron chi connectivity index (χ2n) is 7.14. The fourth-order valence-corrected chi connectivity index (χ4v) is 3.30. The summed E-state index contributed by atoms with van der Waals surface area (Å²) in [6.45, 7) is 4.36. The molecule has 1 heterocycles. The highest BCUT2D eigenvalue weighted by Gasteiger charge is 2.19. The van der Waals surface area contributed by atoms with E-state index in [2.05, 4.69) is 15.4 Å². The van der Waals surface area contributed by atoms with Gasteiger partial charge in [-0.25, -0.2) is 9.67 Å². The number of aryl methyl sites for hydroxylation is 2. The zero-order chi connectivity index (χ0) is 21.1. The number of carbonyl (C=O) groups is 1. The van der Waals surface area contributed by atoms with Gasteiger partial charge in [0.15, 0.2) is 5.82 Å². The highest BCUT2D eigenvalue weighted by atomic mass is 35.5. The number of hydrogen-bond acceptors (Lipinski definition) is 3. The van der Waals surface area contributed by atoms with E-state index in [1.54, 1.807) is 4.68 Å². The Labute approximate surface area is 180 Å². The van der Waals surface area contributed by atoms with Crippen molar-refractivity contribution >= 4 is 17.5 Å². The van der Waals surface area contributed by atoms with Gasteiger partial charge in [0.2, 0.25) is 5.82 Å². The van der Waals surface area contributed by atoms with Gasteiger partial charge in [-0.3, -0.25) is 4.79 Å². The lowest BCUT2D eigenvalue weighted by Crippen LogP contribution is -2.24. The van der Waals surface area contributed by atoms with E-state index < -0.39 is 0 Å². The summed E-state index contributed by atoms with van der Waals surface area (Å²) in [5.74, 6) is 0.368. The van der Waals surface area contributed by atoms with Crippen molar-refractivity contribution in [2.75, 3.05) is 0 Å². The lowest BCUT2D eigenvalue weighted by atomic mass is 10.1. The number of halogens is 1. The molecule has 0 bridgehead atoms. The summed E-state index contributed by atoms with van der Waals surface area (Å²) in [5, 5.41) is 8.02. The average Bonchev–Trinajstić information content (AvgIpc) is 3.20. The van der Waals surface area contributed by atoms with E-state index in [-0.39, 0.29) is 11.7 Å². The van der Waals surface area contributed by atoms with Gasteiger partial charge in [0.25, 0.3) is 5.91 Å². The number of hydrogen-bond donors (Lipinski definition) is 1. The summed E-state index contributed by atoms with van der Waals surface area (Å²) >= 11 is 6.33. The first kappa shape index (κ1) is 19.9. The number of nitrogens with zero attached hydrogens (tertiary/aromatic N) is 3. The minimum Gasteiger partial charge on any atom is -0.345 e. The van der Waals surface area contributed by atoms with Crippen molar-refractivity contribution in [1.82, 2.24) is 20.1 Å². The standard InChI is InChI=1S/C24H21ClN4O/c1-16-7-6-10-19(13-16)23-27-22(24(30)26-15-18-8-4-3-5-9-18)28-29(23)20-12-11-17(2)21(25)14-20/h3-14H,15H2,1-2H3,(H,26,30). The van der Waals surface area contributed by atoms with Crippen LogP contribution in [0.15, 0.2) is 72.8 Å². The molecule has 0 fully saturated rings. The first-order valence-electron chi connectivity index (χ1n) is 9.64. The normalized spacial score (nSPS) is 10.8. The molecule has 0 saturated heterocycles. The van der Waals surface area contributed by atoms with Crippen molar-refractivity contribution in [3.8, 4) is 17.1 Å². The second-order valence-corrected chi connectivity index (χ2v) is 7.55. The minimum atomic E-state index is -0.329. The first-order chi connectivity index (χ1) is 14.5. The smallest absolute Gasteiger partial charge is 0.291 e. The van der Waals surface area contributed by atoms with E-state index in [0.29, 0.717) is 17.4 Å². The molecule has 1 N–H and O–H groups in total. The van der Waals surface area contributed by atoms with Crippen LogP contribution < -0.4 is 5.32 Å². The topological polar surface area (TPSA) is 59.8 Å². The van der Waals surface area contributed by atoms with E-state index in [1.807, 2.05) is 86.6 Å². The molecule has 4 rings (SSSR count). The maximum Gasteiger partial charge on any atom is 0.291 e. The van der Waals surface area contributed by atoms with Crippen LogP contribution >= 0.6 is 11.6 Å². The van der Waals surface area contributed by atoms with Crippen LogP contribution in [0.2, 0.25) is 5.02 Å². The summed E-state index contributed by atoms with van der Waals surface area (Å²) < 4.78 is 1.66. The molecule has 5 nitrogen and oxygen atoms in total. The number of benzene rings is 3. The van der Waals surface area contributed by atoms with Crippen molar-refractivity contribution < 1.29 is 4.79 Å². The van der Waals surface area contributed by atoms with E-state index in [1.165, 1.54) is 0 Å². The minimum absolute atomic E-state index is 0.110. The van der Waals surface area contributed by atoms with Gasteiger partial charge in [-0.1, -0.05) is 71.8 Å². The molecule has 0 aliphatic heterocycles.